The molecule has 0 spiro atoms. The van der Waals surface area contributed by atoms with E-state index in [9.17, 15) is 5.11 Å². The lowest BCUT2D eigenvalue weighted by atomic mass is 10.0. The van der Waals surface area contributed by atoms with Crippen LogP contribution in [0.5, 0.6) is 11.5 Å². The van der Waals surface area contributed by atoms with Gasteiger partial charge in [0.2, 0.25) is 6.79 Å². The number of fused-ring (bicyclic) bond motifs is 1. The van der Waals surface area contributed by atoms with Crippen LogP contribution in [0.3, 0.4) is 0 Å². The van der Waals surface area contributed by atoms with Gasteiger partial charge in [0.15, 0.2) is 11.5 Å². The molecule has 0 bridgehead atoms. The topological polar surface area (TPSA) is 59.8 Å². The Morgan fingerprint density at radius 2 is 2.00 bits per heavy atom. The predicted octanol–water partition coefficient (Wildman–Crippen LogP) is 1.82. The van der Waals surface area contributed by atoms with Crippen molar-refractivity contribution < 1.29 is 14.6 Å². The number of nitrogens with zero attached hydrogens (tertiary/aromatic N) is 3. The third kappa shape index (κ3) is 2.68. The summed E-state index contributed by atoms with van der Waals surface area (Å²) in [4.78, 5) is 2.25. The van der Waals surface area contributed by atoms with Gasteiger partial charge in [-0.25, -0.2) is 0 Å². The molecular formula is C17H21N3O3. The number of aryl methyl sites for hydroxylation is 2. The number of β-amino-alcohol motifs (C(OH)–C–C–N with tert-alkyl or cyclic N) is 1. The molecule has 1 aromatic heterocycles. The van der Waals surface area contributed by atoms with Crippen molar-refractivity contribution in [2.24, 2.45) is 0 Å². The highest BCUT2D eigenvalue weighted by Gasteiger charge is 2.31. The summed E-state index contributed by atoms with van der Waals surface area (Å²) in [7, 11) is 0. The number of hydrogen-bond acceptors (Lipinski definition) is 5. The minimum absolute atomic E-state index is 0.255. The van der Waals surface area contributed by atoms with Crippen molar-refractivity contribution in [1.82, 2.24) is 14.7 Å². The molecule has 2 aliphatic rings. The number of aliphatic hydroxyl groups excluding tert-OH is 1. The quantitative estimate of drug-likeness (QED) is 0.932. The molecule has 2 aromatic rings. The Labute approximate surface area is 135 Å². The number of hydrogen-bond donors (Lipinski definition) is 1. The minimum atomic E-state index is -0.522. The first-order valence-electron chi connectivity index (χ1n) is 7.93. The van der Waals surface area contributed by atoms with Gasteiger partial charge in [0.25, 0.3) is 0 Å². The highest BCUT2D eigenvalue weighted by molar-refractivity contribution is 5.45. The van der Waals surface area contributed by atoms with E-state index in [-0.39, 0.29) is 6.79 Å². The van der Waals surface area contributed by atoms with Gasteiger partial charge in [-0.05, 0) is 37.6 Å². The number of rotatable bonds is 4. The van der Waals surface area contributed by atoms with Gasteiger partial charge in [0.1, 0.15) is 0 Å². The third-order valence-corrected chi connectivity index (χ3v) is 4.54. The SMILES string of the molecule is Cc1cc(C)n(C2CN(CC(O)c3ccc4c(c3)OCO4)C2)n1. The largest absolute Gasteiger partial charge is 0.454 e. The summed E-state index contributed by atoms with van der Waals surface area (Å²) in [5.41, 5.74) is 3.12. The molecule has 6 heteroatoms. The van der Waals surface area contributed by atoms with Crippen LogP contribution in [-0.4, -0.2) is 46.2 Å². The fraction of sp³-hybridized carbons (Fsp3) is 0.471. The lowest BCUT2D eigenvalue weighted by Gasteiger charge is -2.40. The van der Waals surface area contributed by atoms with Crippen LogP contribution in [0.25, 0.3) is 0 Å². The Bertz CT molecular complexity index is 722. The zero-order chi connectivity index (χ0) is 16.0. The summed E-state index contributed by atoms with van der Waals surface area (Å²) in [5, 5.41) is 15.0. The van der Waals surface area contributed by atoms with Crippen LogP contribution in [0.2, 0.25) is 0 Å². The van der Waals surface area contributed by atoms with Crippen LogP contribution in [0.15, 0.2) is 24.3 Å². The first-order valence-corrected chi connectivity index (χ1v) is 7.93. The smallest absolute Gasteiger partial charge is 0.231 e. The average Bonchev–Trinajstić information content (AvgIpc) is 3.07. The molecule has 6 nitrogen and oxygen atoms in total. The molecule has 122 valence electrons. The Kier molecular flexibility index (Phi) is 3.50. The van der Waals surface area contributed by atoms with Gasteiger partial charge in [-0.3, -0.25) is 9.58 Å². The van der Waals surface area contributed by atoms with Crippen LogP contribution in [-0.2, 0) is 0 Å². The van der Waals surface area contributed by atoms with E-state index in [1.165, 1.54) is 5.69 Å². The first-order chi connectivity index (χ1) is 11.1. The van der Waals surface area contributed by atoms with Gasteiger partial charge in [-0.15, -0.1) is 0 Å². The zero-order valence-electron chi connectivity index (χ0n) is 13.4. The second kappa shape index (κ2) is 5.54. The first kappa shape index (κ1) is 14.5. The van der Waals surface area contributed by atoms with Crippen molar-refractivity contribution in [3.63, 3.8) is 0 Å². The van der Waals surface area contributed by atoms with Crippen molar-refractivity contribution in [3.8, 4) is 11.5 Å². The van der Waals surface area contributed by atoms with Crippen LogP contribution in [0.4, 0.5) is 0 Å². The predicted molar refractivity (Wildman–Crippen MR) is 84.7 cm³/mol. The number of likely N-dealkylation sites (tertiary alicyclic amines) is 1. The van der Waals surface area contributed by atoms with Gasteiger partial charge in [0.05, 0.1) is 17.8 Å². The van der Waals surface area contributed by atoms with Crippen LogP contribution >= 0.6 is 0 Å². The highest BCUT2D eigenvalue weighted by Crippen LogP contribution is 2.35. The molecule has 3 heterocycles. The molecule has 1 saturated heterocycles. The fourth-order valence-corrected chi connectivity index (χ4v) is 3.33. The average molecular weight is 315 g/mol. The van der Waals surface area contributed by atoms with E-state index in [1.807, 2.05) is 25.1 Å². The molecule has 1 unspecified atom stereocenters. The standard InChI is InChI=1S/C17H21N3O3/c1-11-5-12(2)20(18-11)14-7-19(8-14)9-15(21)13-3-4-16-17(6-13)23-10-22-16/h3-6,14-15,21H,7-10H2,1-2H3. The second-order valence-corrected chi connectivity index (χ2v) is 6.37. The summed E-state index contributed by atoms with van der Waals surface area (Å²) in [6.07, 6.45) is -0.522. The fourth-order valence-electron chi connectivity index (χ4n) is 3.33. The number of aliphatic hydroxyl groups is 1. The summed E-state index contributed by atoms with van der Waals surface area (Å²) in [6.45, 7) is 6.82. The summed E-state index contributed by atoms with van der Waals surface area (Å²) in [5.74, 6) is 1.46. The molecule has 1 atom stereocenters. The maximum absolute atomic E-state index is 10.4. The van der Waals surface area contributed by atoms with E-state index in [0.717, 1.165) is 30.1 Å². The lowest BCUT2D eigenvalue weighted by molar-refractivity contribution is 0.0393. The molecule has 0 saturated carbocycles. The van der Waals surface area contributed by atoms with Gasteiger partial charge in [-0.1, -0.05) is 6.07 Å². The molecule has 23 heavy (non-hydrogen) atoms. The van der Waals surface area contributed by atoms with E-state index in [1.54, 1.807) is 0 Å². The van der Waals surface area contributed by atoms with E-state index in [0.29, 0.717) is 18.3 Å². The monoisotopic (exact) mass is 315 g/mol. The van der Waals surface area contributed by atoms with Crippen molar-refractivity contribution in [1.29, 1.82) is 0 Å². The van der Waals surface area contributed by atoms with Gasteiger partial charge in [0, 0.05) is 25.3 Å². The molecule has 1 fully saturated rings. The Morgan fingerprint density at radius 1 is 1.22 bits per heavy atom. The number of ether oxygens (including phenoxy) is 2. The molecule has 1 aromatic carbocycles. The van der Waals surface area contributed by atoms with Crippen LogP contribution < -0.4 is 9.47 Å². The maximum atomic E-state index is 10.4. The number of aromatic nitrogens is 2. The van der Waals surface area contributed by atoms with Gasteiger partial charge in [-0.2, -0.15) is 5.10 Å². The van der Waals surface area contributed by atoms with E-state index in [4.69, 9.17) is 9.47 Å². The molecule has 4 rings (SSSR count). The van der Waals surface area contributed by atoms with Crippen LogP contribution in [0.1, 0.15) is 29.1 Å². The lowest BCUT2D eigenvalue weighted by Crippen LogP contribution is -2.49. The van der Waals surface area contributed by atoms with Crippen molar-refractivity contribution in [2.75, 3.05) is 26.4 Å². The zero-order valence-corrected chi connectivity index (χ0v) is 13.4. The Morgan fingerprint density at radius 3 is 2.74 bits per heavy atom. The number of benzene rings is 1. The maximum Gasteiger partial charge on any atom is 0.231 e. The second-order valence-electron chi connectivity index (χ2n) is 6.37. The molecule has 0 amide bonds. The molecule has 1 N–H and O–H groups in total. The summed E-state index contributed by atoms with van der Waals surface area (Å²) >= 11 is 0. The van der Waals surface area contributed by atoms with Gasteiger partial charge >= 0.3 is 0 Å². The normalized spacial score (nSPS) is 18.9. The summed E-state index contributed by atoms with van der Waals surface area (Å²) in [6, 6.07) is 8.13. The highest BCUT2D eigenvalue weighted by atomic mass is 16.7. The van der Waals surface area contributed by atoms with Crippen LogP contribution in [0, 0.1) is 13.8 Å². The van der Waals surface area contributed by atoms with E-state index >= 15 is 0 Å². The van der Waals surface area contributed by atoms with Crippen molar-refractivity contribution >= 4 is 0 Å². The molecular weight excluding hydrogens is 294 g/mol. The molecule has 2 aliphatic heterocycles. The Hall–Kier alpha value is -2.05. The molecule has 0 radical (unpaired) electrons. The van der Waals surface area contributed by atoms with Crippen molar-refractivity contribution in [2.45, 2.75) is 26.0 Å². The van der Waals surface area contributed by atoms with Crippen molar-refractivity contribution in [3.05, 3.63) is 41.2 Å². The van der Waals surface area contributed by atoms with E-state index in [2.05, 4.69) is 27.7 Å². The minimum Gasteiger partial charge on any atom is -0.454 e. The Balaban J connectivity index is 1.36. The van der Waals surface area contributed by atoms with E-state index < -0.39 is 6.10 Å². The molecule has 0 aliphatic carbocycles. The van der Waals surface area contributed by atoms with Gasteiger partial charge < -0.3 is 14.6 Å². The third-order valence-electron chi connectivity index (χ3n) is 4.54. The summed E-state index contributed by atoms with van der Waals surface area (Å²) < 4.78 is 12.8.